The topological polar surface area (TPSA) is 102 Å². The zero-order valence-electron chi connectivity index (χ0n) is 19.3. The van der Waals surface area contributed by atoms with Gasteiger partial charge in [-0.25, -0.2) is 4.98 Å². The Morgan fingerprint density at radius 3 is 2.73 bits per heavy atom. The molecule has 0 bridgehead atoms. The van der Waals surface area contributed by atoms with E-state index in [1.807, 2.05) is 43.7 Å². The molecule has 1 fully saturated rings. The maximum atomic E-state index is 13.1. The molecular weight excluding hydrogens is 416 g/mol. The van der Waals surface area contributed by atoms with Gasteiger partial charge >= 0.3 is 0 Å². The molecule has 1 aliphatic carbocycles. The molecule has 2 aromatic heterocycles. The highest BCUT2D eigenvalue weighted by atomic mass is 16.2. The minimum absolute atomic E-state index is 0.211. The van der Waals surface area contributed by atoms with Crippen molar-refractivity contribution in [2.24, 2.45) is 13.0 Å². The van der Waals surface area contributed by atoms with E-state index in [9.17, 15) is 9.59 Å². The van der Waals surface area contributed by atoms with Gasteiger partial charge in [0.1, 0.15) is 17.8 Å². The van der Waals surface area contributed by atoms with Crippen LogP contribution in [0.4, 0.5) is 11.4 Å². The Morgan fingerprint density at radius 1 is 1.27 bits per heavy atom. The van der Waals surface area contributed by atoms with Crippen LogP contribution in [0.25, 0.3) is 0 Å². The quantitative estimate of drug-likeness (QED) is 0.582. The summed E-state index contributed by atoms with van der Waals surface area (Å²) < 4.78 is 1.97. The van der Waals surface area contributed by atoms with Crippen molar-refractivity contribution in [3.8, 4) is 0 Å². The Labute approximate surface area is 192 Å². The van der Waals surface area contributed by atoms with Crippen LogP contribution in [0.1, 0.15) is 71.5 Å². The number of pyridine rings is 1. The molecule has 3 aromatic rings. The molecule has 1 amide bonds. The molecule has 1 aromatic carbocycles. The van der Waals surface area contributed by atoms with Gasteiger partial charge in [0.15, 0.2) is 6.29 Å². The van der Waals surface area contributed by atoms with E-state index in [1.54, 1.807) is 12.4 Å². The van der Waals surface area contributed by atoms with Gasteiger partial charge in [-0.15, -0.1) is 10.2 Å². The number of nitrogens with one attached hydrogen (secondary N) is 2. The van der Waals surface area contributed by atoms with Crippen molar-refractivity contribution >= 4 is 23.6 Å². The van der Waals surface area contributed by atoms with Gasteiger partial charge in [0.05, 0.1) is 16.8 Å². The summed E-state index contributed by atoms with van der Waals surface area (Å²) >= 11 is 0. The maximum Gasteiger partial charge on any atom is 0.274 e. The van der Waals surface area contributed by atoms with Crippen LogP contribution in [0.5, 0.6) is 0 Å². The molecule has 0 unspecified atom stereocenters. The Kier molecular flexibility index (Phi) is 4.84. The molecule has 0 saturated heterocycles. The van der Waals surface area contributed by atoms with Crippen LogP contribution in [0.2, 0.25) is 0 Å². The highest BCUT2D eigenvalue weighted by Gasteiger charge is 2.48. The average Bonchev–Trinajstić information content (AvgIpc) is 3.33. The normalized spacial score (nSPS) is 22.7. The second-order valence-corrected chi connectivity index (χ2v) is 10.1. The van der Waals surface area contributed by atoms with Crippen LogP contribution in [0, 0.1) is 5.92 Å². The van der Waals surface area contributed by atoms with E-state index in [4.69, 9.17) is 0 Å². The van der Waals surface area contributed by atoms with Crippen molar-refractivity contribution in [3.05, 3.63) is 65.0 Å². The molecule has 3 heterocycles. The van der Waals surface area contributed by atoms with Crippen LogP contribution >= 0.6 is 0 Å². The van der Waals surface area contributed by atoms with Gasteiger partial charge in [-0.1, -0.05) is 32.9 Å². The minimum Gasteiger partial charge on any atom is -0.382 e. The molecule has 1 aliphatic heterocycles. The van der Waals surface area contributed by atoms with Crippen LogP contribution < -0.4 is 10.6 Å². The third-order valence-electron chi connectivity index (χ3n) is 6.96. The van der Waals surface area contributed by atoms with Crippen LogP contribution in [-0.4, -0.2) is 38.5 Å². The van der Waals surface area contributed by atoms with Gasteiger partial charge in [-0.2, -0.15) is 0 Å². The average molecular weight is 445 g/mol. The number of anilines is 2. The van der Waals surface area contributed by atoms with Crippen molar-refractivity contribution in [2.45, 2.75) is 44.4 Å². The number of amides is 1. The number of aryl methyl sites for hydroxylation is 1. The van der Waals surface area contributed by atoms with E-state index in [0.29, 0.717) is 23.7 Å². The fraction of sp³-hybridized carbons (Fsp3) is 0.400. The summed E-state index contributed by atoms with van der Waals surface area (Å²) in [5.41, 5.74) is 3.48. The van der Waals surface area contributed by atoms with E-state index in [2.05, 4.69) is 38.8 Å². The second-order valence-electron chi connectivity index (χ2n) is 10.1. The van der Waals surface area contributed by atoms with Gasteiger partial charge < -0.3 is 15.2 Å². The largest absolute Gasteiger partial charge is 0.382 e. The first kappa shape index (κ1) is 21.3. The summed E-state index contributed by atoms with van der Waals surface area (Å²) in [6.45, 7) is 7.00. The molecule has 8 heteroatoms. The zero-order chi connectivity index (χ0) is 23.4. The fourth-order valence-corrected chi connectivity index (χ4v) is 5.33. The van der Waals surface area contributed by atoms with Crippen LogP contribution in [0.3, 0.4) is 0 Å². The third-order valence-corrected chi connectivity index (χ3v) is 6.96. The standard InChI is InChI=1S/C25H28N6O2/c1-15-10-25(11-15,23-30-27-14-31(23)4)17-6-5-7-18(9-17)28-22(33)19-8-16(12-32)20-21(29-19)24(2,3)13-26-20/h5-9,12,14-15,26H,10-11,13H2,1-4H3,(H,28,33). The van der Waals surface area contributed by atoms with Crippen LogP contribution in [0.15, 0.2) is 36.7 Å². The molecule has 0 atom stereocenters. The number of rotatable bonds is 5. The zero-order valence-corrected chi connectivity index (χ0v) is 19.3. The van der Waals surface area contributed by atoms with Gasteiger partial charge in [0.25, 0.3) is 5.91 Å². The Hall–Kier alpha value is -3.55. The molecule has 8 nitrogen and oxygen atoms in total. The first-order valence-corrected chi connectivity index (χ1v) is 11.2. The number of aromatic nitrogens is 4. The van der Waals surface area contributed by atoms with E-state index in [1.165, 1.54) is 0 Å². The molecule has 170 valence electrons. The summed E-state index contributed by atoms with van der Waals surface area (Å²) in [5.74, 6) is 1.19. The lowest BCUT2D eigenvalue weighted by Crippen LogP contribution is -2.43. The van der Waals surface area contributed by atoms with Gasteiger partial charge in [-0.05, 0) is 42.5 Å². The Balaban J connectivity index is 1.46. The SMILES string of the molecule is CC1CC(c2cccc(NC(=O)c3cc(C=O)c4c(n3)C(C)(C)CN4)c2)(c2nncn2C)C1. The molecule has 0 spiro atoms. The second kappa shape index (κ2) is 7.50. The lowest BCUT2D eigenvalue weighted by atomic mass is 9.58. The first-order valence-electron chi connectivity index (χ1n) is 11.2. The highest BCUT2D eigenvalue weighted by molar-refractivity contribution is 6.04. The third kappa shape index (κ3) is 3.41. The number of nitrogens with zero attached hydrogens (tertiary/aromatic N) is 4. The molecule has 2 aliphatic rings. The predicted octanol–water partition coefficient (Wildman–Crippen LogP) is 3.69. The summed E-state index contributed by atoms with van der Waals surface area (Å²) in [6.07, 6.45) is 4.46. The summed E-state index contributed by atoms with van der Waals surface area (Å²) in [6, 6.07) is 9.47. The van der Waals surface area contributed by atoms with Crippen molar-refractivity contribution in [3.63, 3.8) is 0 Å². The van der Waals surface area contributed by atoms with E-state index < -0.39 is 0 Å². The van der Waals surface area contributed by atoms with Crippen molar-refractivity contribution in [2.75, 3.05) is 17.2 Å². The monoisotopic (exact) mass is 444 g/mol. The maximum absolute atomic E-state index is 13.1. The summed E-state index contributed by atoms with van der Waals surface area (Å²) in [5, 5.41) is 14.7. The van der Waals surface area contributed by atoms with Crippen LogP contribution in [-0.2, 0) is 17.9 Å². The number of benzene rings is 1. The number of hydrogen-bond donors (Lipinski definition) is 2. The lowest BCUT2D eigenvalue weighted by Gasteiger charge is -2.46. The summed E-state index contributed by atoms with van der Waals surface area (Å²) in [7, 11) is 1.96. The van der Waals surface area contributed by atoms with Crippen molar-refractivity contribution < 1.29 is 9.59 Å². The molecule has 2 N–H and O–H groups in total. The van der Waals surface area contributed by atoms with E-state index in [-0.39, 0.29) is 22.4 Å². The summed E-state index contributed by atoms with van der Waals surface area (Å²) in [4.78, 5) is 29.4. The molecule has 5 rings (SSSR count). The van der Waals surface area contributed by atoms with Crippen molar-refractivity contribution in [1.29, 1.82) is 0 Å². The minimum atomic E-state index is -0.338. The number of carbonyl (C=O) groups excluding carboxylic acids is 2. The Bertz CT molecular complexity index is 1260. The fourth-order valence-electron chi connectivity index (χ4n) is 5.33. The van der Waals surface area contributed by atoms with Gasteiger partial charge in [0.2, 0.25) is 0 Å². The number of fused-ring (bicyclic) bond motifs is 1. The number of carbonyl (C=O) groups is 2. The predicted molar refractivity (Wildman–Crippen MR) is 126 cm³/mol. The van der Waals surface area contributed by atoms with E-state index in [0.717, 1.165) is 41.9 Å². The highest BCUT2D eigenvalue weighted by Crippen LogP contribution is 2.51. The smallest absolute Gasteiger partial charge is 0.274 e. The van der Waals surface area contributed by atoms with Gasteiger partial charge in [0, 0.05) is 30.3 Å². The molecule has 33 heavy (non-hydrogen) atoms. The number of aldehydes is 1. The van der Waals surface area contributed by atoms with Crippen molar-refractivity contribution in [1.82, 2.24) is 19.7 Å². The molecule has 1 saturated carbocycles. The molecule has 0 radical (unpaired) electrons. The van der Waals surface area contributed by atoms with Gasteiger partial charge in [-0.3, -0.25) is 9.59 Å². The molecular formula is C25H28N6O2. The number of hydrogen-bond acceptors (Lipinski definition) is 6. The first-order chi connectivity index (χ1) is 15.7. The lowest BCUT2D eigenvalue weighted by molar-refractivity contribution is 0.102. The Morgan fingerprint density at radius 2 is 2.06 bits per heavy atom. The van der Waals surface area contributed by atoms with E-state index >= 15 is 0 Å².